The van der Waals surface area contributed by atoms with Gasteiger partial charge < -0.3 is 9.84 Å². The molecule has 12 nitrogen and oxygen atoms in total. The summed E-state index contributed by atoms with van der Waals surface area (Å²) in [5.41, 5.74) is -9.28. The monoisotopic (exact) mass is 1200 g/mol. The van der Waals surface area contributed by atoms with Crippen molar-refractivity contribution in [1.29, 1.82) is 0 Å². The Morgan fingerprint density at radius 1 is 0.239 bits per heavy atom. The van der Waals surface area contributed by atoms with Crippen molar-refractivity contribution in [2.45, 2.75) is 177 Å². The predicted octanol–water partition coefficient (Wildman–Crippen LogP) is 17.8. The minimum Gasteiger partial charge on any atom is -0.376 e. The van der Waals surface area contributed by atoms with Crippen LogP contribution in [0.3, 0.4) is 0 Å². The Kier molecular flexibility index (Phi) is 4.90. The second-order valence-electron chi connectivity index (χ2n) is 36.5. The first-order chi connectivity index (χ1) is 43.7. The summed E-state index contributed by atoms with van der Waals surface area (Å²) in [7, 11) is 0. The first-order valence-electron chi connectivity index (χ1n) is 33.5. The molecule has 8 atom stereocenters. The number of rotatable bonds is 10. The lowest BCUT2D eigenvalue weighted by atomic mass is 9.45. The molecule has 0 radical (unpaired) electrons. The minimum absolute atomic E-state index is 0.574. The maximum atomic E-state index is 16.8. The molecule has 0 amide bonds. The Morgan fingerprint density at radius 3 is 0.826 bits per heavy atom. The van der Waals surface area contributed by atoms with Crippen LogP contribution in [0.25, 0.3) is 215 Å². The van der Waals surface area contributed by atoms with Crippen LogP contribution in [0.15, 0.2) is 11.1 Å². The zero-order valence-electron chi connectivity index (χ0n) is 52.4. The van der Waals surface area contributed by atoms with Gasteiger partial charge in [0.25, 0.3) is 0 Å². The summed E-state index contributed by atoms with van der Waals surface area (Å²) in [6.07, 6.45) is 0. The van der Waals surface area contributed by atoms with Gasteiger partial charge in [-0.05, 0) is 319 Å². The topological polar surface area (TPSA) is 125 Å². The third kappa shape index (κ3) is 2.80. The fourth-order valence-electron chi connectivity index (χ4n) is 27.2. The highest BCUT2D eigenvalue weighted by Gasteiger charge is 3.12. The summed E-state index contributed by atoms with van der Waals surface area (Å²) in [5, 5.41) is 67.6. The summed E-state index contributed by atoms with van der Waals surface area (Å²) in [4.78, 5) is 79.2. The SMILES string of the molecule is CC(C)(C)OO[C@]12C3=C4[C@]5(O)c6c1c1c7c2c2c8c9c%10c%11c%12c%13c%14c%15c%16c%17c(c5c5c6c6c1c1c%18c7c8c7c8c9c%12c9c%12c%13c%16c%13c%16c%17c5c5c6c1c1c(c%187)c(c89)c(c%13%12)c1c5%16)[C@@]%15(OOC(C)(C)C)[C@@]41O[C@@]1([C@@]%11%14OOC(C)(C)C)[C@]3(OOC(C)(C)C)[C@@]2%10OOC(C)(C)C. The zero-order chi connectivity index (χ0) is 60.3. The quantitative estimate of drug-likeness (QED) is 0.0461. The lowest BCUT2D eigenvalue weighted by Crippen LogP contribution is -2.79. The van der Waals surface area contributed by atoms with Gasteiger partial charge in [0.2, 0.25) is 5.60 Å². The van der Waals surface area contributed by atoms with E-state index in [0.717, 1.165) is 109 Å². The average Bonchev–Trinajstić information content (AvgIpc) is 1.34. The van der Waals surface area contributed by atoms with Crippen LogP contribution in [0, 0.1) is 0 Å². The van der Waals surface area contributed by atoms with E-state index in [9.17, 15) is 0 Å². The average molecular weight is 1200 g/mol. The van der Waals surface area contributed by atoms with Crippen LogP contribution in [0.1, 0.15) is 159 Å². The zero-order valence-corrected chi connectivity index (χ0v) is 52.4. The predicted molar refractivity (Wildman–Crippen MR) is 350 cm³/mol. The fourth-order valence-corrected chi connectivity index (χ4v) is 27.2. The van der Waals surface area contributed by atoms with Gasteiger partial charge in [-0.2, -0.15) is 0 Å². The molecule has 0 bridgehead atoms. The second-order valence-corrected chi connectivity index (χ2v) is 36.5. The number of hydrogen-bond acceptors (Lipinski definition) is 12. The van der Waals surface area contributed by atoms with Crippen molar-refractivity contribution in [3.63, 3.8) is 0 Å². The molecule has 1 saturated heterocycles. The highest BCUT2D eigenvalue weighted by atomic mass is 17.3. The molecule has 12 aliphatic rings. The minimum atomic E-state index is -2.12. The number of epoxide rings is 1. The first kappa shape index (κ1) is 44.4. The highest BCUT2D eigenvalue weighted by molar-refractivity contribution is 6.77. The molecule has 438 valence electrons. The van der Waals surface area contributed by atoms with Gasteiger partial charge in [-0.25, -0.2) is 48.9 Å². The summed E-state index contributed by atoms with van der Waals surface area (Å²) in [5.74, 6) is 0. The molecule has 11 aliphatic carbocycles. The summed E-state index contributed by atoms with van der Waals surface area (Å²) < 4.78 is 9.02. The Balaban J connectivity index is 1.04. The Labute approximate surface area is 515 Å². The number of hydrogen-bond donors (Lipinski definition) is 1. The summed E-state index contributed by atoms with van der Waals surface area (Å²) >= 11 is 0. The molecule has 1 heterocycles. The van der Waals surface area contributed by atoms with Crippen LogP contribution in [0.4, 0.5) is 0 Å². The Hall–Kier alpha value is -7.24. The van der Waals surface area contributed by atoms with E-state index in [-0.39, 0.29) is 0 Å². The third-order valence-electron chi connectivity index (χ3n) is 27.5. The lowest BCUT2D eigenvalue weighted by Gasteiger charge is -2.63. The van der Waals surface area contributed by atoms with Crippen molar-refractivity contribution < 1.29 is 58.7 Å². The van der Waals surface area contributed by atoms with Crippen LogP contribution < -0.4 is 0 Å². The van der Waals surface area contributed by atoms with Gasteiger partial charge in [0.05, 0.1) is 28.0 Å². The van der Waals surface area contributed by atoms with E-state index in [1.54, 1.807) is 0 Å². The van der Waals surface area contributed by atoms with Crippen molar-refractivity contribution in [3.8, 4) is 0 Å². The van der Waals surface area contributed by atoms with E-state index in [1.807, 2.05) is 20.8 Å². The molecule has 0 aromatic heterocycles. The molecule has 12 heteroatoms. The Morgan fingerprint density at radius 2 is 0.467 bits per heavy atom. The second kappa shape index (κ2) is 10.1. The maximum absolute atomic E-state index is 16.8. The smallest absolute Gasteiger partial charge is 0.205 e. The number of aliphatic hydroxyl groups is 1. The van der Waals surface area contributed by atoms with E-state index < -0.39 is 72.8 Å². The highest BCUT2D eigenvalue weighted by Crippen LogP contribution is 3.00. The molecular weight excluding hydrogens is 1150 g/mol. The third-order valence-corrected chi connectivity index (χ3v) is 27.5. The molecule has 2 spiro atoms. The van der Waals surface area contributed by atoms with Crippen LogP contribution >= 0.6 is 0 Å². The Bertz CT molecular complexity index is 7580. The van der Waals surface area contributed by atoms with E-state index in [0.29, 0.717) is 11.1 Å². The lowest BCUT2D eigenvalue weighted by molar-refractivity contribution is -0.509. The van der Waals surface area contributed by atoms with Gasteiger partial charge in [0, 0.05) is 66.8 Å². The van der Waals surface area contributed by atoms with Crippen molar-refractivity contribution in [2.75, 3.05) is 0 Å². The van der Waals surface area contributed by atoms with Crippen molar-refractivity contribution >= 4 is 215 Å². The molecule has 21 aromatic rings. The van der Waals surface area contributed by atoms with Crippen molar-refractivity contribution in [1.82, 2.24) is 0 Å². The van der Waals surface area contributed by atoms with Crippen molar-refractivity contribution in [2.24, 2.45) is 0 Å². The molecular formula is C80H46O12. The van der Waals surface area contributed by atoms with Crippen LogP contribution in [-0.2, 0) is 81.6 Å². The maximum Gasteiger partial charge on any atom is 0.205 e. The molecule has 0 saturated carbocycles. The standard InChI is InChI=1S/C80H46O12/c1-68(2,3)83-88-74-58-48-38-28-21-16-17-19-20-18(16)23-29(28)39-41-31(23)33-25(20)35-34-24(19)32-30-22(17)27-26(21)36(38)46-47-37(27)40(30)50-52-42(32)44(34)54-55-45(35)43(33)53-51(41)61(59(74)49(39)48)76(90-85-70(7,8)9)63(53)65(55)77(91-86-71(10,11)12)64(54)62(52)75(89-84-69(4,5)6)60(50)57(47)73(81,56(46)58)66-67(74)79(76,92-87-72(13,14)15)80(77)78(66,75)82-80/h81H,1-15H3/t73-,74+,75-,76+,77-,78-,79+,80+/m0/s1. The molecule has 1 N–H and O–H groups in total. The van der Waals surface area contributed by atoms with E-state index in [4.69, 9.17) is 53.6 Å². The summed E-state index contributed by atoms with van der Waals surface area (Å²) in [6, 6.07) is 0. The molecule has 1 fully saturated rings. The molecule has 0 unspecified atom stereocenters. The van der Waals surface area contributed by atoms with Crippen molar-refractivity contribution in [3.05, 3.63) is 66.8 Å². The van der Waals surface area contributed by atoms with Gasteiger partial charge >= 0.3 is 0 Å². The molecule has 21 aromatic carbocycles. The number of ether oxygens (including phenoxy) is 1. The van der Waals surface area contributed by atoms with E-state index >= 15 is 5.11 Å². The van der Waals surface area contributed by atoms with Gasteiger partial charge in [-0.15, -0.1) is 0 Å². The first-order valence-corrected chi connectivity index (χ1v) is 33.5. The van der Waals surface area contributed by atoms with Gasteiger partial charge in [0.1, 0.15) is 5.60 Å². The van der Waals surface area contributed by atoms with Gasteiger partial charge in [-0.3, -0.25) is 0 Å². The molecule has 33 rings (SSSR count). The van der Waals surface area contributed by atoms with Gasteiger partial charge in [-0.1, -0.05) is 0 Å². The van der Waals surface area contributed by atoms with E-state index in [2.05, 4.69) is 83.1 Å². The van der Waals surface area contributed by atoms with Crippen LogP contribution in [0.5, 0.6) is 0 Å². The fraction of sp³-hybridized carbons (Fsp3) is 0.350. The molecule has 92 heavy (non-hydrogen) atoms. The van der Waals surface area contributed by atoms with E-state index in [1.165, 1.54) is 162 Å². The number of benzene rings is 15. The van der Waals surface area contributed by atoms with Gasteiger partial charge in [0.15, 0.2) is 33.6 Å². The molecule has 1 aliphatic heterocycles. The largest absolute Gasteiger partial charge is 0.376 e. The van der Waals surface area contributed by atoms with Crippen LogP contribution in [0.2, 0.25) is 0 Å². The normalized spacial score (nSPS) is 32.0. The summed E-state index contributed by atoms with van der Waals surface area (Å²) in [6.45, 7) is 30.9. The van der Waals surface area contributed by atoms with Crippen LogP contribution in [-0.4, -0.2) is 49.9 Å².